The number of carbonyl (C=O) groups is 3. The van der Waals surface area contributed by atoms with Crippen molar-refractivity contribution in [1.82, 2.24) is 24.6 Å². The van der Waals surface area contributed by atoms with Gasteiger partial charge in [0.25, 0.3) is 11.8 Å². The number of urea groups is 1. The normalized spacial score (nSPS) is 20.2. The molecule has 2 unspecified atom stereocenters. The highest BCUT2D eigenvalue weighted by Gasteiger charge is 2.65. The van der Waals surface area contributed by atoms with Gasteiger partial charge in [0.15, 0.2) is 0 Å². The van der Waals surface area contributed by atoms with Gasteiger partial charge in [0.1, 0.15) is 18.2 Å². The largest absolute Gasteiger partial charge is 0.335 e. The molecule has 0 saturated carbocycles. The van der Waals surface area contributed by atoms with Gasteiger partial charge in [-0.1, -0.05) is 35.3 Å². The summed E-state index contributed by atoms with van der Waals surface area (Å²) in [4.78, 5) is 49.8. The molecule has 0 N–H and O–H groups in total. The van der Waals surface area contributed by atoms with E-state index in [9.17, 15) is 19.6 Å². The summed E-state index contributed by atoms with van der Waals surface area (Å²) in [6.45, 7) is 0.135. The molecule has 0 aliphatic carbocycles. The fourth-order valence-electron chi connectivity index (χ4n) is 5.64. The zero-order chi connectivity index (χ0) is 28.9. The fraction of sp³-hybridized carbons (Fsp3) is 0.172. The second-order valence-electron chi connectivity index (χ2n) is 9.89. The van der Waals surface area contributed by atoms with Crippen molar-refractivity contribution in [2.24, 2.45) is 0 Å². The predicted octanol–water partition coefficient (Wildman–Crippen LogP) is 4.52. The van der Waals surface area contributed by atoms with Gasteiger partial charge in [-0.2, -0.15) is 10.4 Å². The molecule has 3 heterocycles. The van der Waals surface area contributed by atoms with Crippen LogP contribution < -0.4 is 4.90 Å². The number of nitrogens with zero attached hydrogens (tertiary/aromatic N) is 7. The zero-order valence-electron chi connectivity index (χ0n) is 21.6. The number of rotatable bonds is 4. The van der Waals surface area contributed by atoms with E-state index in [1.54, 1.807) is 71.5 Å². The zero-order valence-corrected chi connectivity index (χ0v) is 23.1. The van der Waals surface area contributed by atoms with Gasteiger partial charge in [-0.15, -0.1) is 0 Å². The average Bonchev–Trinajstić information content (AvgIpc) is 3.69. The Labute approximate surface area is 244 Å². The maximum Gasteiger partial charge on any atom is 0.332 e. The molecule has 2 aliphatic rings. The molecular weight excluding hydrogens is 565 g/mol. The highest BCUT2D eigenvalue weighted by atomic mass is 35.5. The molecule has 10 nitrogen and oxygen atoms in total. The number of imide groups is 1. The number of likely N-dealkylation sites (N-methyl/N-ethyl adjacent to an activating group) is 1. The molecule has 3 aromatic carbocycles. The average molecular weight is 586 g/mol. The number of likely N-dealkylation sites (tertiary alicyclic amines) is 1. The number of nitriles is 1. The van der Waals surface area contributed by atoms with Crippen LogP contribution in [0.3, 0.4) is 0 Å². The molecule has 2 saturated heterocycles. The molecule has 12 heteroatoms. The Balaban J connectivity index is 1.40. The number of amides is 4. The standard InChI is InChI=1S/C29H21Cl2N7O3/c1-35-28(41)38(24-11-21(30)10-22(31)12-24)27(40)29(35)15-36(14-25(29)19-4-2-18(13-32)3-5-19)26(39)20-6-8-23(9-7-20)37-17-33-16-34-37/h2-12,16-17,25H,14-15H2,1H3. The molecule has 41 heavy (non-hydrogen) atoms. The smallest absolute Gasteiger partial charge is 0.332 e. The van der Waals surface area contributed by atoms with Crippen LogP contribution in [-0.2, 0) is 4.79 Å². The van der Waals surface area contributed by atoms with Crippen molar-refractivity contribution < 1.29 is 14.4 Å². The molecule has 2 fully saturated rings. The molecule has 204 valence electrons. The number of benzene rings is 3. The quantitative estimate of drug-likeness (QED) is 0.325. The van der Waals surface area contributed by atoms with Crippen molar-refractivity contribution in [3.8, 4) is 11.8 Å². The van der Waals surface area contributed by atoms with Crippen LogP contribution in [0.25, 0.3) is 5.69 Å². The van der Waals surface area contributed by atoms with Crippen LogP contribution in [0, 0.1) is 11.3 Å². The highest BCUT2D eigenvalue weighted by Crippen LogP contribution is 2.47. The first-order valence-corrected chi connectivity index (χ1v) is 13.3. The predicted molar refractivity (Wildman–Crippen MR) is 151 cm³/mol. The Bertz CT molecular complexity index is 1700. The first-order chi connectivity index (χ1) is 19.7. The van der Waals surface area contributed by atoms with Crippen LogP contribution in [0.15, 0.2) is 79.4 Å². The Morgan fingerprint density at radius 2 is 1.68 bits per heavy atom. The lowest BCUT2D eigenvalue weighted by Crippen LogP contribution is -2.54. The summed E-state index contributed by atoms with van der Waals surface area (Å²) in [6, 6.07) is 19.8. The number of hydrogen-bond acceptors (Lipinski definition) is 6. The highest BCUT2D eigenvalue weighted by molar-refractivity contribution is 6.36. The molecule has 1 aromatic heterocycles. The van der Waals surface area contributed by atoms with Crippen molar-refractivity contribution in [1.29, 1.82) is 5.26 Å². The molecule has 4 aromatic rings. The second kappa shape index (κ2) is 10.0. The van der Waals surface area contributed by atoms with Crippen molar-refractivity contribution in [2.75, 3.05) is 25.0 Å². The van der Waals surface area contributed by atoms with Gasteiger partial charge in [-0.25, -0.2) is 19.4 Å². The van der Waals surface area contributed by atoms with E-state index < -0.39 is 23.4 Å². The maximum absolute atomic E-state index is 14.3. The van der Waals surface area contributed by atoms with Crippen LogP contribution in [0.5, 0.6) is 0 Å². The Hall–Kier alpha value is -4.72. The lowest BCUT2D eigenvalue weighted by atomic mass is 9.80. The van der Waals surface area contributed by atoms with E-state index in [2.05, 4.69) is 16.2 Å². The SMILES string of the molecule is CN1C(=O)N(c2cc(Cl)cc(Cl)c2)C(=O)C12CN(C(=O)c1ccc(-n3cncn3)cc1)CC2c1ccc(C#N)cc1. The summed E-state index contributed by atoms with van der Waals surface area (Å²) >= 11 is 12.4. The summed E-state index contributed by atoms with van der Waals surface area (Å²) in [5, 5.41) is 14.0. The van der Waals surface area contributed by atoms with E-state index in [4.69, 9.17) is 23.2 Å². The topological polar surface area (TPSA) is 115 Å². The lowest BCUT2D eigenvalue weighted by molar-refractivity contribution is -0.124. The third-order valence-electron chi connectivity index (χ3n) is 7.69. The number of aromatic nitrogens is 3. The summed E-state index contributed by atoms with van der Waals surface area (Å²) < 4.78 is 1.58. The monoisotopic (exact) mass is 585 g/mol. The molecule has 0 radical (unpaired) electrons. The summed E-state index contributed by atoms with van der Waals surface area (Å²) in [6.07, 6.45) is 2.98. The molecule has 0 bridgehead atoms. The molecule has 1 spiro atoms. The van der Waals surface area contributed by atoms with E-state index in [0.29, 0.717) is 11.1 Å². The maximum atomic E-state index is 14.3. The first kappa shape index (κ1) is 26.5. The first-order valence-electron chi connectivity index (χ1n) is 12.6. The summed E-state index contributed by atoms with van der Waals surface area (Å²) in [7, 11) is 1.56. The van der Waals surface area contributed by atoms with Crippen molar-refractivity contribution in [2.45, 2.75) is 11.5 Å². The third-order valence-corrected chi connectivity index (χ3v) is 8.13. The number of hydrogen-bond donors (Lipinski definition) is 0. The molecule has 4 amide bonds. The Morgan fingerprint density at radius 1 is 1.00 bits per heavy atom. The van der Waals surface area contributed by atoms with Crippen LogP contribution in [0.2, 0.25) is 10.0 Å². The van der Waals surface area contributed by atoms with Crippen LogP contribution in [-0.4, -0.2) is 68.1 Å². The fourth-order valence-corrected chi connectivity index (χ4v) is 6.16. The molecular formula is C29H21Cl2N7O3. The van der Waals surface area contributed by atoms with Gasteiger partial charge in [-0.05, 0) is 60.2 Å². The second-order valence-corrected chi connectivity index (χ2v) is 10.8. The van der Waals surface area contributed by atoms with Crippen molar-refractivity contribution in [3.63, 3.8) is 0 Å². The Kier molecular flexibility index (Phi) is 6.49. The summed E-state index contributed by atoms with van der Waals surface area (Å²) in [5.41, 5.74) is 1.17. The van der Waals surface area contributed by atoms with Gasteiger partial charge in [-0.3, -0.25) is 9.59 Å². The number of halogens is 2. The Morgan fingerprint density at radius 3 is 2.29 bits per heavy atom. The minimum Gasteiger partial charge on any atom is -0.335 e. The van der Waals surface area contributed by atoms with Crippen LogP contribution >= 0.6 is 23.2 Å². The minimum absolute atomic E-state index is 0.0345. The van der Waals surface area contributed by atoms with Gasteiger partial charge >= 0.3 is 6.03 Å². The van der Waals surface area contributed by atoms with Gasteiger partial charge in [0.05, 0.1) is 29.6 Å². The van der Waals surface area contributed by atoms with E-state index in [0.717, 1.165) is 16.2 Å². The van der Waals surface area contributed by atoms with Gasteiger partial charge in [0.2, 0.25) is 0 Å². The lowest BCUT2D eigenvalue weighted by Gasteiger charge is -2.33. The van der Waals surface area contributed by atoms with Crippen molar-refractivity contribution >= 4 is 46.7 Å². The van der Waals surface area contributed by atoms with E-state index in [1.807, 2.05) is 0 Å². The van der Waals surface area contributed by atoms with Gasteiger partial charge in [0, 0.05) is 35.1 Å². The van der Waals surface area contributed by atoms with Crippen LogP contribution in [0.4, 0.5) is 10.5 Å². The van der Waals surface area contributed by atoms with Gasteiger partial charge < -0.3 is 9.80 Å². The van der Waals surface area contributed by atoms with Crippen LogP contribution in [0.1, 0.15) is 27.4 Å². The summed E-state index contributed by atoms with van der Waals surface area (Å²) in [5.74, 6) is -1.35. The van der Waals surface area contributed by atoms with E-state index in [-0.39, 0.29) is 34.7 Å². The number of carbonyl (C=O) groups excluding carboxylic acids is 3. The third kappa shape index (κ3) is 4.30. The molecule has 2 atom stereocenters. The minimum atomic E-state index is -1.41. The van der Waals surface area contributed by atoms with E-state index in [1.165, 1.54) is 29.4 Å². The number of anilines is 1. The van der Waals surface area contributed by atoms with E-state index >= 15 is 0 Å². The van der Waals surface area contributed by atoms with Crippen molar-refractivity contribution in [3.05, 3.63) is 106 Å². The molecule has 2 aliphatic heterocycles. The molecule has 6 rings (SSSR count).